The number of rotatable bonds is 2. The number of hydrogen-bond donors (Lipinski definition) is 1. The Bertz CT molecular complexity index is 667. The Balaban J connectivity index is 2.12. The van der Waals surface area contributed by atoms with Gasteiger partial charge in [-0.3, -0.25) is 0 Å². The smallest absolute Gasteiger partial charge is 0.181 e. The van der Waals surface area contributed by atoms with Crippen LogP contribution < -0.4 is 5.73 Å². The lowest BCUT2D eigenvalue weighted by molar-refractivity contribution is 0.628. The van der Waals surface area contributed by atoms with Crippen LogP contribution in [0.15, 0.2) is 48.5 Å². The number of aryl methyl sites for hydroxylation is 1. The molecular weight excluding hydrogens is 271 g/mol. The molecule has 0 aliphatic heterocycles. The minimum atomic E-state index is -0.247. The van der Waals surface area contributed by atoms with E-state index in [1.807, 2.05) is 31.2 Å². The van der Waals surface area contributed by atoms with Crippen LogP contribution in [0.5, 0.6) is 0 Å². The Morgan fingerprint density at radius 3 is 2.20 bits per heavy atom. The number of benzene rings is 2. The normalized spacial score (nSPS) is 10.7. The van der Waals surface area contributed by atoms with E-state index in [9.17, 15) is 4.39 Å². The van der Waals surface area contributed by atoms with Gasteiger partial charge in [0.1, 0.15) is 5.82 Å². The van der Waals surface area contributed by atoms with Crippen molar-refractivity contribution in [1.82, 2.24) is 4.98 Å². The van der Waals surface area contributed by atoms with E-state index in [2.05, 4.69) is 4.98 Å². The van der Waals surface area contributed by atoms with Crippen molar-refractivity contribution in [3.8, 4) is 21.7 Å². The molecule has 0 atom stereocenters. The molecule has 100 valence electrons. The van der Waals surface area contributed by atoms with Gasteiger partial charge in [-0.1, -0.05) is 53.3 Å². The number of aromatic nitrogens is 1. The molecule has 0 radical (unpaired) electrons. The Hall–Kier alpha value is -2.20. The number of nitrogens with zero attached hydrogens (tertiary/aromatic N) is 1. The lowest BCUT2D eigenvalue weighted by atomic mass is 10.1. The quantitative estimate of drug-likeness (QED) is 0.752. The fourth-order valence-electron chi connectivity index (χ4n) is 2.04. The van der Waals surface area contributed by atoms with E-state index in [0.29, 0.717) is 5.13 Å². The molecule has 3 rings (SSSR count). The van der Waals surface area contributed by atoms with Gasteiger partial charge in [0.05, 0.1) is 10.6 Å². The highest BCUT2D eigenvalue weighted by Gasteiger charge is 2.13. The second-order valence-electron chi connectivity index (χ2n) is 4.60. The minimum absolute atomic E-state index is 0.247. The van der Waals surface area contributed by atoms with Crippen molar-refractivity contribution >= 4 is 16.5 Å². The van der Waals surface area contributed by atoms with Crippen molar-refractivity contribution in [2.75, 3.05) is 5.73 Å². The number of thiazole rings is 1. The monoisotopic (exact) mass is 284 g/mol. The number of nitrogens with two attached hydrogens (primary N) is 1. The molecule has 2 aromatic carbocycles. The Labute approximate surface area is 120 Å². The minimum Gasteiger partial charge on any atom is -0.375 e. The van der Waals surface area contributed by atoms with E-state index >= 15 is 0 Å². The third kappa shape index (κ3) is 2.42. The molecule has 2 N–H and O–H groups in total. The van der Waals surface area contributed by atoms with Crippen molar-refractivity contribution in [1.29, 1.82) is 0 Å². The molecule has 0 spiro atoms. The highest BCUT2D eigenvalue weighted by molar-refractivity contribution is 7.19. The standard InChI is InChI=1S/C16H13FN2S/c1-10-2-4-11(5-3-10)14-15(20-16(18)19-14)12-6-8-13(17)9-7-12/h2-9H,1H3,(H2,18,19). The molecular formula is C16H13FN2S. The fourth-order valence-corrected chi connectivity index (χ4v) is 2.90. The molecule has 0 saturated heterocycles. The maximum Gasteiger partial charge on any atom is 0.181 e. The fraction of sp³-hybridized carbons (Fsp3) is 0.0625. The summed E-state index contributed by atoms with van der Waals surface area (Å²) in [5.41, 5.74) is 9.83. The number of nitrogen functional groups attached to an aromatic ring is 1. The Morgan fingerprint density at radius 2 is 1.55 bits per heavy atom. The van der Waals surface area contributed by atoms with Crippen LogP contribution in [0.1, 0.15) is 5.56 Å². The largest absolute Gasteiger partial charge is 0.375 e. The lowest BCUT2D eigenvalue weighted by Gasteiger charge is -2.03. The first kappa shape index (κ1) is 12.8. The van der Waals surface area contributed by atoms with Crippen LogP contribution in [-0.2, 0) is 0 Å². The molecule has 0 saturated carbocycles. The maximum atomic E-state index is 13.0. The molecule has 2 nitrogen and oxygen atoms in total. The summed E-state index contributed by atoms with van der Waals surface area (Å²) >= 11 is 1.42. The average molecular weight is 284 g/mol. The molecule has 1 aromatic heterocycles. The summed E-state index contributed by atoms with van der Waals surface area (Å²) in [5.74, 6) is -0.247. The molecule has 0 amide bonds. The second kappa shape index (κ2) is 5.06. The second-order valence-corrected chi connectivity index (χ2v) is 5.63. The van der Waals surface area contributed by atoms with E-state index < -0.39 is 0 Å². The zero-order valence-electron chi connectivity index (χ0n) is 10.9. The van der Waals surface area contributed by atoms with Crippen LogP contribution in [0.4, 0.5) is 9.52 Å². The third-order valence-electron chi connectivity index (χ3n) is 3.08. The van der Waals surface area contributed by atoms with Crippen molar-refractivity contribution in [3.63, 3.8) is 0 Å². The number of halogens is 1. The highest BCUT2D eigenvalue weighted by Crippen LogP contribution is 2.37. The Kier molecular flexibility index (Phi) is 3.24. The van der Waals surface area contributed by atoms with Gasteiger partial charge in [-0.25, -0.2) is 9.37 Å². The van der Waals surface area contributed by atoms with Crippen LogP contribution >= 0.6 is 11.3 Å². The first-order valence-corrected chi connectivity index (χ1v) is 7.04. The lowest BCUT2D eigenvalue weighted by Crippen LogP contribution is -1.85. The predicted octanol–water partition coefficient (Wildman–Crippen LogP) is 4.51. The predicted molar refractivity (Wildman–Crippen MR) is 82.1 cm³/mol. The molecule has 3 aromatic rings. The van der Waals surface area contributed by atoms with Crippen LogP contribution in [0, 0.1) is 12.7 Å². The molecule has 0 aliphatic rings. The zero-order chi connectivity index (χ0) is 14.1. The summed E-state index contributed by atoms with van der Waals surface area (Å²) in [5, 5.41) is 0.514. The van der Waals surface area contributed by atoms with Gasteiger partial charge in [0.2, 0.25) is 0 Å². The summed E-state index contributed by atoms with van der Waals surface area (Å²) in [4.78, 5) is 5.38. The summed E-state index contributed by atoms with van der Waals surface area (Å²) in [7, 11) is 0. The SMILES string of the molecule is Cc1ccc(-c2nc(N)sc2-c2ccc(F)cc2)cc1. The van der Waals surface area contributed by atoms with Crippen molar-refractivity contribution in [2.45, 2.75) is 6.92 Å². The zero-order valence-corrected chi connectivity index (χ0v) is 11.7. The van der Waals surface area contributed by atoms with Crippen molar-refractivity contribution < 1.29 is 4.39 Å². The molecule has 0 aliphatic carbocycles. The molecule has 1 heterocycles. The van der Waals surface area contributed by atoms with E-state index in [1.54, 1.807) is 12.1 Å². The molecule has 0 bridgehead atoms. The summed E-state index contributed by atoms with van der Waals surface area (Å²) in [6.45, 7) is 2.04. The number of anilines is 1. The molecule has 0 fully saturated rings. The summed E-state index contributed by atoms with van der Waals surface area (Å²) in [6.07, 6.45) is 0. The van der Waals surface area contributed by atoms with E-state index in [1.165, 1.54) is 29.0 Å². The van der Waals surface area contributed by atoms with Gasteiger partial charge >= 0.3 is 0 Å². The van der Waals surface area contributed by atoms with Crippen LogP contribution in [0.3, 0.4) is 0 Å². The van der Waals surface area contributed by atoms with Gasteiger partial charge in [-0.05, 0) is 24.6 Å². The molecule has 4 heteroatoms. The number of hydrogen-bond acceptors (Lipinski definition) is 3. The van der Waals surface area contributed by atoms with Gasteiger partial charge in [-0.15, -0.1) is 0 Å². The van der Waals surface area contributed by atoms with Gasteiger partial charge < -0.3 is 5.73 Å². The topological polar surface area (TPSA) is 38.9 Å². The first-order chi connectivity index (χ1) is 9.63. The Morgan fingerprint density at radius 1 is 0.950 bits per heavy atom. The van der Waals surface area contributed by atoms with Gasteiger partial charge in [0.25, 0.3) is 0 Å². The maximum absolute atomic E-state index is 13.0. The van der Waals surface area contributed by atoms with E-state index in [0.717, 1.165) is 21.7 Å². The van der Waals surface area contributed by atoms with Gasteiger partial charge in [0, 0.05) is 5.56 Å². The first-order valence-electron chi connectivity index (χ1n) is 6.23. The summed E-state index contributed by atoms with van der Waals surface area (Å²) < 4.78 is 13.0. The average Bonchev–Trinajstić information content (AvgIpc) is 2.82. The van der Waals surface area contributed by atoms with Gasteiger partial charge in [0.15, 0.2) is 5.13 Å². The highest BCUT2D eigenvalue weighted by atomic mass is 32.1. The van der Waals surface area contributed by atoms with Crippen molar-refractivity contribution in [2.24, 2.45) is 0 Å². The van der Waals surface area contributed by atoms with E-state index in [4.69, 9.17) is 5.73 Å². The molecule has 20 heavy (non-hydrogen) atoms. The van der Waals surface area contributed by atoms with E-state index in [-0.39, 0.29) is 5.82 Å². The summed E-state index contributed by atoms with van der Waals surface area (Å²) in [6, 6.07) is 14.5. The van der Waals surface area contributed by atoms with Crippen LogP contribution in [-0.4, -0.2) is 4.98 Å². The third-order valence-corrected chi connectivity index (χ3v) is 4.01. The van der Waals surface area contributed by atoms with Crippen LogP contribution in [0.2, 0.25) is 0 Å². The van der Waals surface area contributed by atoms with Crippen LogP contribution in [0.25, 0.3) is 21.7 Å². The van der Waals surface area contributed by atoms with Crippen molar-refractivity contribution in [3.05, 3.63) is 59.9 Å². The van der Waals surface area contributed by atoms with Gasteiger partial charge in [-0.2, -0.15) is 0 Å². The molecule has 0 unspecified atom stereocenters.